The first-order valence-corrected chi connectivity index (χ1v) is 9.59. The molecule has 0 fully saturated rings. The summed E-state index contributed by atoms with van der Waals surface area (Å²) in [4.78, 5) is 2.47. The summed E-state index contributed by atoms with van der Waals surface area (Å²) in [5.74, 6) is 1.48. The van der Waals surface area contributed by atoms with Crippen LogP contribution in [0.25, 0.3) is 32.0 Å². The Bertz CT molecular complexity index is 980. The van der Waals surface area contributed by atoms with E-state index in [-0.39, 0.29) is 0 Å². The van der Waals surface area contributed by atoms with E-state index < -0.39 is 0 Å². The van der Waals surface area contributed by atoms with Crippen molar-refractivity contribution in [1.29, 1.82) is 0 Å². The van der Waals surface area contributed by atoms with Crippen LogP contribution in [0.2, 0.25) is 0 Å². The van der Waals surface area contributed by atoms with E-state index >= 15 is 0 Å². The normalized spacial score (nSPS) is 10.6. The Morgan fingerprint density at radius 2 is 1.22 bits per heavy atom. The molecule has 0 saturated carbocycles. The maximum atomic E-state index is 5.48. The summed E-state index contributed by atoms with van der Waals surface area (Å²) < 4.78 is 10.9. The van der Waals surface area contributed by atoms with Crippen molar-refractivity contribution in [2.75, 3.05) is 14.2 Å². The monoisotopic (exact) mass is 372 g/mol. The fourth-order valence-electron chi connectivity index (χ4n) is 3.16. The molecule has 1 aromatic heterocycles. The van der Waals surface area contributed by atoms with E-state index in [1.54, 1.807) is 25.6 Å². The zero-order valence-electron chi connectivity index (χ0n) is 15.3. The molecule has 0 bridgehead atoms. The van der Waals surface area contributed by atoms with Gasteiger partial charge in [0.05, 0.1) is 14.2 Å². The molecule has 3 heteroatoms. The molecule has 0 aliphatic heterocycles. The van der Waals surface area contributed by atoms with E-state index in [9.17, 15) is 0 Å². The van der Waals surface area contributed by atoms with Gasteiger partial charge in [0.2, 0.25) is 0 Å². The van der Waals surface area contributed by atoms with Crippen LogP contribution < -0.4 is 9.47 Å². The molecule has 0 spiro atoms. The van der Waals surface area contributed by atoms with Crippen LogP contribution in [0, 0.1) is 0 Å². The lowest BCUT2D eigenvalue weighted by atomic mass is 10.0. The van der Waals surface area contributed by atoms with Crippen molar-refractivity contribution >= 4 is 11.3 Å². The second-order valence-electron chi connectivity index (χ2n) is 6.16. The van der Waals surface area contributed by atoms with Crippen LogP contribution in [0.1, 0.15) is 0 Å². The van der Waals surface area contributed by atoms with Crippen LogP contribution in [-0.2, 0) is 0 Å². The molecule has 0 saturated heterocycles. The van der Waals surface area contributed by atoms with Crippen LogP contribution >= 0.6 is 11.3 Å². The standard InChI is InChI=1S/C24H20O2S/c1-25-21-14-13-19(15-22(21)26-2)23-16-20(17-9-5-3-6-10-17)24(27-23)18-11-7-4-8-12-18/h3-16H,1-2H3. The lowest BCUT2D eigenvalue weighted by Crippen LogP contribution is -1.90. The molecule has 0 radical (unpaired) electrons. The van der Waals surface area contributed by atoms with E-state index in [1.807, 2.05) is 18.2 Å². The van der Waals surface area contributed by atoms with E-state index in [1.165, 1.54) is 26.4 Å². The lowest BCUT2D eigenvalue weighted by molar-refractivity contribution is 0.355. The predicted octanol–water partition coefficient (Wildman–Crippen LogP) is 6.77. The van der Waals surface area contributed by atoms with Gasteiger partial charge in [-0.05, 0) is 41.0 Å². The third-order valence-electron chi connectivity index (χ3n) is 4.52. The second kappa shape index (κ2) is 7.68. The summed E-state index contributed by atoms with van der Waals surface area (Å²) in [6, 6.07) is 29.4. The highest BCUT2D eigenvalue weighted by atomic mass is 32.1. The molecule has 4 aromatic rings. The summed E-state index contributed by atoms with van der Waals surface area (Å²) >= 11 is 1.80. The highest BCUT2D eigenvalue weighted by Gasteiger charge is 2.15. The Labute approximate surface area is 163 Å². The Hall–Kier alpha value is -3.04. The van der Waals surface area contributed by atoms with Crippen LogP contribution in [0.3, 0.4) is 0 Å². The highest BCUT2D eigenvalue weighted by Crippen LogP contribution is 2.44. The van der Waals surface area contributed by atoms with Crippen molar-refractivity contribution < 1.29 is 9.47 Å². The summed E-state index contributed by atoms with van der Waals surface area (Å²) in [6.07, 6.45) is 0. The number of hydrogen-bond acceptors (Lipinski definition) is 3. The van der Waals surface area contributed by atoms with Gasteiger partial charge in [0, 0.05) is 15.3 Å². The molecule has 4 rings (SSSR count). The molecular weight excluding hydrogens is 352 g/mol. The Balaban J connectivity index is 1.87. The van der Waals surface area contributed by atoms with Gasteiger partial charge in [-0.25, -0.2) is 0 Å². The van der Waals surface area contributed by atoms with Crippen molar-refractivity contribution in [2.45, 2.75) is 0 Å². The Morgan fingerprint density at radius 1 is 0.593 bits per heavy atom. The van der Waals surface area contributed by atoms with Crippen LogP contribution in [0.5, 0.6) is 11.5 Å². The molecule has 0 aliphatic carbocycles. The van der Waals surface area contributed by atoms with Crippen molar-refractivity contribution in [3.8, 4) is 43.5 Å². The smallest absolute Gasteiger partial charge is 0.161 e. The molecule has 0 amide bonds. The predicted molar refractivity (Wildman–Crippen MR) is 114 cm³/mol. The molecule has 0 unspecified atom stereocenters. The SMILES string of the molecule is COc1ccc(-c2cc(-c3ccccc3)c(-c3ccccc3)s2)cc1OC. The number of methoxy groups -OCH3 is 2. The second-order valence-corrected chi connectivity index (χ2v) is 7.21. The molecule has 0 atom stereocenters. The van der Waals surface area contributed by atoms with Crippen molar-refractivity contribution in [3.05, 3.63) is 84.9 Å². The van der Waals surface area contributed by atoms with Crippen molar-refractivity contribution in [2.24, 2.45) is 0 Å². The summed E-state index contributed by atoms with van der Waals surface area (Å²) in [6.45, 7) is 0. The van der Waals surface area contributed by atoms with Crippen LogP contribution in [0.15, 0.2) is 84.9 Å². The van der Waals surface area contributed by atoms with Gasteiger partial charge in [0.25, 0.3) is 0 Å². The third-order valence-corrected chi connectivity index (χ3v) is 5.75. The van der Waals surface area contributed by atoms with Gasteiger partial charge in [-0.1, -0.05) is 60.7 Å². The van der Waals surface area contributed by atoms with Crippen LogP contribution in [-0.4, -0.2) is 14.2 Å². The molecule has 134 valence electrons. The number of ether oxygens (including phenoxy) is 2. The lowest BCUT2D eigenvalue weighted by Gasteiger charge is -2.08. The fourth-order valence-corrected chi connectivity index (χ4v) is 4.34. The first-order chi connectivity index (χ1) is 13.3. The van der Waals surface area contributed by atoms with E-state index in [4.69, 9.17) is 9.47 Å². The first-order valence-electron chi connectivity index (χ1n) is 8.77. The third kappa shape index (κ3) is 3.46. The minimum atomic E-state index is 0.740. The fraction of sp³-hybridized carbons (Fsp3) is 0.0833. The minimum absolute atomic E-state index is 0.740. The molecule has 0 N–H and O–H groups in total. The highest BCUT2D eigenvalue weighted by molar-refractivity contribution is 7.19. The first kappa shape index (κ1) is 17.4. The van der Waals surface area contributed by atoms with Crippen molar-refractivity contribution in [3.63, 3.8) is 0 Å². The quantitative estimate of drug-likeness (QED) is 0.385. The van der Waals surface area contributed by atoms with Crippen molar-refractivity contribution in [1.82, 2.24) is 0 Å². The number of benzene rings is 3. The topological polar surface area (TPSA) is 18.5 Å². The molecule has 0 aliphatic rings. The summed E-state index contributed by atoms with van der Waals surface area (Å²) in [5.41, 5.74) is 4.82. The largest absolute Gasteiger partial charge is 0.493 e. The molecule has 3 aromatic carbocycles. The van der Waals surface area contributed by atoms with Gasteiger partial charge in [0.15, 0.2) is 11.5 Å². The molecule has 1 heterocycles. The zero-order chi connectivity index (χ0) is 18.6. The zero-order valence-corrected chi connectivity index (χ0v) is 16.1. The molecular formula is C24H20O2S. The number of hydrogen-bond donors (Lipinski definition) is 0. The van der Waals surface area contributed by atoms with Gasteiger partial charge in [-0.3, -0.25) is 0 Å². The number of rotatable bonds is 5. The summed E-state index contributed by atoms with van der Waals surface area (Å²) in [5, 5.41) is 0. The molecule has 27 heavy (non-hydrogen) atoms. The van der Waals surface area contributed by atoms with Gasteiger partial charge in [-0.2, -0.15) is 0 Å². The number of thiophene rings is 1. The Kier molecular flexibility index (Phi) is 4.95. The minimum Gasteiger partial charge on any atom is -0.493 e. The van der Waals surface area contributed by atoms with Gasteiger partial charge >= 0.3 is 0 Å². The van der Waals surface area contributed by atoms with E-state index in [0.717, 1.165) is 17.1 Å². The van der Waals surface area contributed by atoms with Gasteiger partial charge in [0.1, 0.15) is 0 Å². The average molecular weight is 372 g/mol. The Morgan fingerprint density at radius 3 is 1.85 bits per heavy atom. The molecule has 2 nitrogen and oxygen atoms in total. The summed E-state index contributed by atoms with van der Waals surface area (Å²) in [7, 11) is 3.32. The maximum absolute atomic E-state index is 5.48. The van der Waals surface area contributed by atoms with Gasteiger partial charge in [-0.15, -0.1) is 11.3 Å². The van der Waals surface area contributed by atoms with Gasteiger partial charge < -0.3 is 9.47 Å². The van der Waals surface area contributed by atoms with Crippen LogP contribution in [0.4, 0.5) is 0 Å². The van der Waals surface area contributed by atoms with E-state index in [0.29, 0.717) is 0 Å². The van der Waals surface area contributed by atoms with E-state index in [2.05, 4.69) is 66.7 Å². The maximum Gasteiger partial charge on any atom is 0.161 e. The average Bonchev–Trinajstić information content (AvgIpc) is 3.20.